The minimum atomic E-state index is -0.115. The molecule has 3 heterocycles. The normalized spacial score (nSPS) is 17.8. The molecule has 0 unspecified atom stereocenters. The van der Waals surface area contributed by atoms with Crippen molar-refractivity contribution >= 4 is 6.03 Å². The Bertz CT molecular complexity index is 645. The molecule has 3 rings (SSSR count). The molecule has 1 fully saturated rings. The van der Waals surface area contributed by atoms with Crippen molar-refractivity contribution in [2.24, 2.45) is 0 Å². The zero-order chi connectivity index (χ0) is 16.1. The van der Waals surface area contributed by atoms with Crippen LogP contribution in [0.4, 0.5) is 4.79 Å². The van der Waals surface area contributed by atoms with E-state index in [1.807, 2.05) is 11.0 Å². The molecule has 2 N–H and O–H groups in total. The second-order valence-corrected chi connectivity index (χ2v) is 5.39. The highest BCUT2D eigenvalue weighted by atomic mass is 16.5. The lowest BCUT2D eigenvalue weighted by Crippen LogP contribution is -2.44. The number of ether oxygens (including phenoxy) is 1. The molecule has 2 aromatic rings. The number of aromatic amines is 1. The first-order valence-electron chi connectivity index (χ1n) is 7.67. The number of urea groups is 1. The van der Waals surface area contributed by atoms with Crippen molar-refractivity contribution in [1.29, 1.82) is 0 Å². The van der Waals surface area contributed by atoms with Crippen LogP contribution in [0.3, 0.4) is 0 Å². The van der Waals surface area contributed by atoms with Crippen LogP contribution >= 0.6 is 0 Å². The molecule has 1 saturated heterocycles. The molecule has 122 valence electrons. The fraction of sp³-hybridized carbons (Fsp3) is 0.467. The third kappa shape index (κ3) is 3.58. The predicted molar refractivity (Wildman–Crippen MR) is 82.7 cm³/mol. The molecule has 0 aromatic carbocycles. The van der Waals surface area contributed by atoms with Gasteiger partial charge in [0.05, 0.1) is 25.4 Å². The number of piperidine rings is 1. The van der Waals surface area contributed by atoms with Gasteiger partial charge in [-0.15, -0.1) is 0 Å². The Hall–Kier alpha value is -2.64. The Balaban J connectivity index is 1.64. The third-order valence-corrected chi connectivity index (χ3v) is 3.93. The maximum Gasteiger partial charge on any atom is 0.318 e. The number of carbonyl (C=O) groups is 1. The molecule has 23 heavy (non-hydrogen) atoms. The topological polar surface area (TPSA) is 96.0 Å². The van der Waals surface area contributed by atoms with Gasteiger partial charge in [0.15, 0.2) is 5.82 Å². The van der Waals surface area contributed by atoms with Gasteiger partial charge in [-0.2, -0.15) is 10.1 Å². The fourth-order valence-corrected chi connectivity index (χ4v) is 2.79. The number of nitrogens with one attached hydrogen (secondary N) is 2. The van der Waals surface area contributed by atoms with E-state index in [4.69, 9.17) is 4.74 Å². The van der Waals surface area contributed by atoms with Gasteiger partial charge in [-0.25, -0.2) is 9.78 Å². The minimum Gasteiger partial charge on any atom is -0.481 e. The largest absolute Gasteiger partial charge is 0.481 e. The molecule has 0 saturated carbocycles. The van der Waals surface area contributed by atoms with Crippen LogP contribution in [0.15, 0.2) is 24.5 Å². The van der Waals surface area contributed by atoms with Crippen LogP contribution in [0.25, 0.3) is 0 Å². The molecule has 2 aromatic heterocycles. The molecular formula is C15H20N6O2. The fourth-order valence-electron chi connectivity index (χ4n) is 2.79. The van der Waals surface area contributed by atoms with Crippen molar-refractivity contribution in [2.45, 2.75) is 31.8 Å². The summed E-state index contributed by atoms with van der Waals surface area (Å²) in [6.45, 7) is 0.997. The lowest BCUT2D eigenvalue weighted by Gasteiger charge is -2.34. The van der Waals surface area contributed by atoms with E-state index in [1.54, 1.807) is 25.6 Å². The number of aromatic nitrogens is 4. The number of carbonyl (C=O) groups excluding carboxylic acids is 1. The highest BCUT2D eigenvalue weighted by Gasteiger charge is 2.28. The van der Waals surface area contributed by atoms with E-state index in [-0.39, 0.29) is 18.6 Å². The number of amides is 2. The molecule has 0 aliphatic carbocycles. The third-order valence-electron chi connectivity index (χ3n) is 3.93. The molecule has 1 aliphatic rings. The number of hydrogen-bond acceptors (Lipinski definition) is 5. The van der Waals surface area contributed by atoms with Gasteiger partial charge >= 0.3 is 6.03 Å². The predicted octanol–water partition coefficient (Wildman–Crippen LogP) is 1.65. The smallest absolute Gasteiger partial charge is 0.318 e. The zero-order valence-corrected chi connectivity index (χ0v) is 13.0. The van der Waals surface area contributed by atoms with E-state index >= 15 is 0 Å². The van der Waals surface area contributed by atoms with Gasteiger partial charge in [0.2, 0.25) is 5.88 Å². The number of rotatable bonds is 4. The highest BCUT2D eigenvalue weighted by molar-refractivity contribution is 5.74. The molecule has 8 nitrogen and oxygen atoms in total. The van der Waals surface area contributed by atoms with Crippen molar-refractivity contribution in [1.82, 2.24) is 30.4 Å². The molecule has 8 heteroatoms. The van der Waals surface area contributed by atoms with Crippen molar-refractivity contribution in [3.8, 4) is 5.88 Å². The Morgan fingerprint density at radius 2 is 2.35 bits per heavy atom. The van der Waals surface area contributed by atoms with Gasteiger partial charge in [0.1, 0.15) is 0 Å². The summed E-state index contributed by atoms with van der Waals surface area (Å²) in [7, 11) is 1.55. The molecule has 1 atom stereocenters. The number of methoxy groups -OCH3 is 1. The van der Waals surface area contributed by atoms with Crippen LogP contribution in [0, 0.1) is 0 Å². The monoisotopic (exact) mass is 316 g/mol. The first-order valence-corrected chi connectivity index (χ1v) is 7.67. The Labute approximate surface area is 134 Å². The number of hydrogen-bond donors (Lipinski definition) is 2. The summed E-state index contributed by atoms with van der Waals surface area (Å²) in [6.07, 6.45) is 6.37. The first-order chi connectivity index (χ1) is 11.3. The summed E-state index contributed by atoms with van der Waals surface area (Å²) in [5.41, 5.74) is 0.970. The van der Waals surface area contributed by atoms with Crippen LogP contribution in [-0.2, 0) is 6.54 Å². The van der Waals surface area contributed by atoms with Gasteiger partial charge in [0.25, 0.3) is 0 Å². The van der Waals surface area contributed by atoms with Gasteiger partial charge in [-0.05, 0) is 25.3 Å². The number of nitrogens with zero attached hydrogens (tertiary/aromatic N) is 4. The van der Waals surface area contributed by atoms with E-state index in [0.717, 1.165) is 31.5 Å². The Kier molecular flexibility index (Phi) is 4.70. The molecule has 0 bridgehead atoms. The Morgan fingerprint density at radius 1 is 1.43 bits per heavy atom. The summed E-state index contributed by atoms with van der Waals surface area (Å²) in [5.74, 6) is 1.00. The second-order valence-electron chi connectivity index (χ2n) is 5.39. The SMILES string of the molecule is COc1ccnc(CNC(=O)N2CCCC[C@@H]2c2ccn[nH]2)n1. The van der Waals surface area contributed by atoms with Crippen LogP contribution in [-0.4, -0.2) is 44.8 Å². The van der Waals surface area contributed by atoms with Gasteiger partial charge < -0.3 is 15.0 Å². The maximum atomic E-state index is 12.5. The average molecular weight is 316 g/mol. The summed E-state index contributed by atoms with van der Waals surface area (Å²) >= 11 is 0. The van der Waals surface area contributed by atoms with Crippen molar-refractivity contribution < 1.29 is 9.53 Å². The van der Waals surface area contributed by atoms with Crippen LogP contribution in [0.1, 0.15) is 36.8 Å². The summed E-state index contributed by atoms with van der Waals surface area (Å²) in [5, 5.41) is 9.84. The van der Waals surface area contributed by atoms with E-state index in [2.05, 4.69) is 25.5 Å². The Morgan fingerprint density at radius 3 is 3.13 bits per heavy atom. The standard InChI is InChI=1S/C15H20N6O2/c1-23-14-6-7-16-13(19-14)10-17-15(22)21-9-3-2-4-12(21)11-5-8-18-20-11/h5-8,12H,2-4,9-10H2,1H3,(H,17,22)(H,18,20)/t12-/m1/s1. The molecule has 2 amide bonds. The minimum absolute atomic E-state index is 0.0393. The van der Waals surface area contributed by atoms with E-state index in [1.165, 1.54) is 0 Å². The molecule has 0 radical (unpaired) electrons. The van der Waals surface area contributed by atoms with Gasteiger partial charge in [0, 0.05) is 25.0 Å². The van der Waals surface area contributed by atoms with E-state index in [9.17, 15) is 4.79 Å². The summed E-state index contributed by atoms with van der Waals surface area (Å²) in [6, 6.07) is 3.51. The number of H-pyrrole nitrogens is 1. The molecule has 0 spiro atoms. The van der Waals surface area contributed by atoms with Gasteiger partial charge in [-0.3, -0.25) is 5.10 Å². The average Bonchev–Trinajstić information content (AvgIpc) is 3.14. The molecular weight excluding hydrogens is 296 g/mol. The van der Waals surface area contributed by atoms with Crippen LogP contribution in [0.5, 0.6) is 5.88 Å². The van der Waals surface area contributed by atoms with E-state index in [0.29, 0.717) is 11.7 Å². The lowest BCUT2D eigenvalue weighted by atomic mass is 10.00. The second kappa shape index (κ2) is 7.08. The van der Waals surface area contributed by atoms with Crippen molar-refractivity contribution in [2.75, 3.05) is 13.7 Å². The van der Waals surface area contributed by atoms with Gasteiger partial charge in [-0.1, -0.05) is 0 Å². The van der Waals surface area contributed by atoms with Crippen molar-refractivity contribution in [3.63, 3.8) is 0 Å². The maximum absolute atomic E-state index is 12.5. The van der Waals surface area contributed by atoms with Crippen molar-refractivity contribution in [3.05, 3.63) is 36.0 Å². The zero-order valence-electron chi connectivity index (χ0n) is 13.0. The summed E-state index contributed by atoms with van der Waals surface area (Å²) in [4.78, 5) is 22.7. The van der Waals surface area contributed by atoms with E-state index < -0.39 is 0 Å². The van der Waals surface area contributed by atoms with Crippen LogP contribution in [0.2, 0.25) is 0 Å². The highest BCUT2D eigenvalue weighted by Crippen LogP contribution is 2.29. The first kappa shape index (κ1) is 15.3. The lowest BCUT2D eigenvalue weighted by molar-refractivity contribution is 0.149. The number of likely N-dealkylation sites (tertiary alicyclic amines) is 1. The summed E-state index contributed by atoms with van der Waals surface area (Å²) < 4.78 is 5.06. The molecule has 1 aliphatic heterocycles. The quantitative estimate of drug-likeness (QED) is 0.894. The van der Waals surface area contributed by atoms with Crippen LogP contribution < -0.4 is 10.1 Å².